The second-order valence-corrected chi connectivity index (χ2v) is 15.8. The Balaban J connectivity index is 1.32. The van der Waals surface area contributed by atoms with Gasteiger partial charge in [-0.1, -0.05) is 6.07 Å². The van der Waals surface area contributed by atoms with Crippen LogP contribution in [-0.4, -0.2) is 85.1 Å². The zero-order valence-corrected chi connectivity index (χ0v) is 31.2. The van der Waals surface area contributed by atoms with E-state index in [4.69, 9.17) is 28.4 Å². The zero-order valence-electron chi connectivity index (χ0n) is 30.4. The summed E-state index contributed by atoms with van der Waals surface area (Å²) in [5.41, 5.74) is 4.33. The molecule has 7 aliphatic heterocycles. The van der Waals surface area contributed by atoms with Crippen molar-refractivity contribution in [2.24, 2.45) is 0 Å². The molecule has 14 nitrogen and oxygen atoms in total. The number of thioether (sulfide) groups is 1. The fourth-order valence-corrected chi connectivity index (χ4v) is 11.5. The molecule has 7 aliphatic rings. The normalized spacial score (nSPS) is 28.9. The number of phenolic OH excluding ortho intramolecular Hbond substituents is 2. The van der Waals surface area contributed by atoms with Crippen LogP contribution in [0, 0.1) is 25.2 Å². The predicted octanol–water partition coefficient (Wildman–Crippen LogP) is 3.64. The van der Waals surface area contributed by atoms with E-state index in [1.165, 1.54) is 32.9 Å². The fraction of sp³-hybridized carbons (Fsp3) is 0.462. The molecule has 15 heteroatoms. The molecule has 7 atom stereocenters. The number of ether oxygens (including phenoxy) is 6. The number of hydrogen-bond donors (Lipinski definition) is 4. The number of carbonyl (C=O) groups excluding carboxylic acids is 2. The third-order valence-corrected chi connectivity index (χ3v) is 13.4. The Morgan fingerprint density at radius 2 is 1.85 bits per heavy atom. The molecular formula is C39H40N4O10S. The molecule has 54 heavy (non-hydrogen) atoms. The molecular weight excluding hydrogens is 717 g/mol. The Morgan fingerprint density at radius 1 is 1.06 bits per heavy atom. The van der Waals surface area contributed by atoms with Crippen LogP contribution in [0.5, 0.6) is 40.2 Å². The Kier molecular flexibility index (Phi) is 8.13. The standard InChI is InChI=1S/C39H40N4O10S/c1-16-8-20-9-22-23(12-40)43-24-13-50-38(47)39(21-11-26(48-4)25(45)10-19(21)6-7-41-39)14-54-37(31(43)30(42-22)27(20)32(46)33(16)49-5)29-28(24)36-35(51-15-52-36)17(2)34(29)53-18(3)44/h8,10-11,22-24,30-31,37,41-42,45-46H,6-7,9,13-15H2,1-5H3. The SMILES string of the molecule is COc1cc2c(cc1O)CCNC21CSC2c3c(OC(C)=O)c(C)c4c(c3C(COC1=O)N1C(C#N)C3Cc5cc(C)c(OC)c(O)c5C(N3)C21)OCO4. The van der Waals surface area contributed by atoms with E-state index in [0.29, 0.717) is 70.2 Å². The first-order valence-corrected chi connectivity index (χ1v) is 19.0. The van der Waals surface area contributed by atoms with Gasteiger partial charge in [0, 0.05) is 53.6 Å². The van der Waals surface area contributed by atoms with Crippen LogP contribution in [0.4, 0.5) is 0 Å². The van der Waals surface area contributed by atoms with Crippen molar-refractivity contribution in [3.63, 3.8) is 0 Å². The highest BCUT2D eigenvalue weighted by molar-refractivity contribution is 7.99. The van der Waals surface area contributed by atoms with Crippen molar-refractivity contribution in [3.05, 3.63) is 62.7 Å². The topological polar surface area (TPSA) is 181 Å². The largest absolute Gasteiger partial charge is 0.504 e. The maximum absolute atomic E-state index is 14.7. The van der Waals surface area contributed by atoms with Gasteiger partial charge in [-0.15, -0.1) is 11.8 Å². The summed E-state index contributed by atoms with van der Waals surface area (Å²) < 4.78 is 35.9. The number of piperazine rings is 1. The summed E-state index contributed by atoms with van der Waals surface area (Å²) in [6.07, 6.45) is 1.03. The Bertz CT molecular complexity index is 2190. The smallest absolute Gasteiger partial charge is 0.331 e. The first kappa shape index (κ1) is 34.9. The molecule has 0 saturated carbocycles. The predicted molar refractivity (Wildman–Crippen MR) is 193 cm³/mol. The first-order valence-electron chi connectivity index (χ1n) is 17.9. The molecule has 10 rings (SSSR count). The summed E-state index contributed by atoms with van der Waals surface area (Å²) in [6, 6.07) is 5.06. The van der Waals surface area contributed by atoms with E-state index in [1.54, 1.807) is 12.1 Å². The van der Waals surface area contributed by atoms with Crippen molar-refractivity contribution in [1.29, 1.82) is 5.26 Å². The highest BCUT2D eigenvalue weighted by Crippen LogP contribution is 2.63. The van der Waals surface area contributed by atoms with E-state index in [2.05, 4.69) is 21.6 Å². The van der Waals surface area contributed by atoms with Crippen molar-refractivity contribution in [3.8, 4) is 46.3 Å². The summed E-state index contributed by atoms with van der Waals surface area (Å²) in [6.45, 7) is 5.25. The molecule has 0 aliphatic carbocycles. The maximum atomic E-state index is 14.7. The summed E-state index contributed by atoms with van der Waals surface area (Å²) in [7, 11) is 2.99. The molecule has 1 spiro atoms. The molecule has 282 valence electrons. The number of phenols is 2. The van der Waals surface area contributed by atoms with E-state index in [9.17, 15) is 25.1 Å². The molecule has 3 aromatic rings. The van der Waals surface area contributed by atoms with Gasteiger partial charge in [-0.3, -0.25) is 15.0 Å². The second-order valence-electron chi connectivity index (χ2n) is 14.7. The van der Waals surface area contributed by atoms with Crippen molar-refractivity contribution in [2.75, 3.05) is 39.9 Å². The van der Waals surface area contributed by atoms with Crippen LogP contribution in [0.2, 0.25) is 0 Å². The van der Waals surface area contributed by atoms with E-state index in [1.807, 2.05) is 19.9 Å². The van der Waals surface area contributed by atoms with Gasteiger partial charge in [-0.25, -0.2) is 4.79 Å². The summed E-state index contributed by atoms with van der Waals surface area (Å²) in [5.74, 6) is 0.913. The lowest BCUT2D eigenvalue weighted by atomic mass is 9.72. The number of nitriles is 1. The molecule has 7 heterocycles. The molecule has 0 radical (unpaired) electrons. The number of fused-ring (bicyclic) bond motifs is 9. The molecule has 2 saturated heterocycles. The van der Waals surface area contributed by atoms with Gasteiger partial charge in [0.15, 0.2) is 40.0 Å². The Morgan fingerprint density at radius 3 is 2.59 bits per heavy atom. The van der Waals surface area contributed by atoms with Gasteiger partial charge < -0.3 is 44.0 Å². The van der Waals surface area contributed by atoms with E-state index in [0.717, 1.165) is 16.7 Å². The van der Waals surface area contributed by atoms with Crippen LogP contribution in [0.1, 0.15) is 68.8 Å². The third-order valence-electron chi connectivity index (χ3n) is 11.9. The van der Waals surface area contributed by atoms with Crippen LogP contribution in [0.15, 0.2) is 18.2 Å². The third kappa shape index (κ3) is 4.76. The average Bonchev–Trinajstić information content (AvgIpc) is 3.64. The van der Waals surface area contributed by atoms with Crippen LogP contribution >= 0.6 is 11.8 Å². The number of aromatic hydroxyl groups is 2. The van der Waals surface area contributed by atoms with E-state index < -0.39 is 46.9 Å². The number of carbonyl (C=O) groups is 2. The molecule has 4 bridgehead atoms. The zero-order chi connectivity index (χ0) is 37.8. The Labute approximate surface area is 315 Å². The molecule has 0 aromatic heterocycles. The van der Waals surface area contributed by atoms with Gasteiger partial charge in [-0.05, 0) is 61.1 Å². The van der Waals surface area contributed by atoms with Crippen molar-refractivity contribution < 1.29 is 48.2 Å². The van der Waals surface area contributed by atoms with E-state index >= 15 is 0 Å². The minimum absolute atomic E-state index is 0.0248. The molecule has 7 unspecified atom stereocenters. The fourth-order valence-electron chi connectivity index (χ4n) is 9.79. The van der Waals surface area contributed by atoms with Gasteiger partial charge in [0.25, 0.3) is 0 Å². The van der Waals surface area contributed by atoms with Crippen LogP contribution < -0.4 is 34.3 Å². The number of nitrogens with one attached hydrogen (secondary N) is 2. The molecule has 2 fully saturated rings. The number of aryl methyl sites for hydroxylation is 1. The lowest BCUT2D eigenvalue weighted by Crippen LogP contribution is -2.69. The number of nitrogens with zero attached hydrogens (tertiary/aromatic N) is 2. The van der Waals surface area contributed by atoms with E-state index in [-0.39, 0.29) is 42.4 Å². The average molecular weight is 757 g/mol. The van der Waals surface area contributed by atoms with Crippen LogP contribution in [0.3, 0.4) is 0 Å². The maximum Gasteiger partial charge on any atom is 0.331 e. The summed E-state index contributed by atoms with van der Waals surface area (Å²) >= 11 is 1.46. The number of esters is 2. The quantitative estimate of drug-likeness (QED) is 0.225. The monoisotopic (exact) mass is 756 g/mol. The minimum Gasteiger partial charge on any atom is -0.504 e. The van der Waals surface area contributed by atoms with Crippen LogP contribution in [0.25, 0.3) is 0 Å². The highest BCUT2D eigenvalue weighted by Gasteiger charge is 2.60. The summed E-state index contributed by atoms with van der Waals surface area (Å²) in [4.78, 5) is 29.7. The van der Waals surface area contributed by atoms with Crippen molar-refractivity contribution in [2.45, 2.75) is 74.6 Å². The lowest BCUT2D eigenvalue weighted by Gasteiger charge is -2.59. The van der Waals surface area contributed by atoms with Gasteiger partial charge in [-0.2, -0.15) is 5.26 Å². The number of benzene rings is 3. The second kappa shape index (κ2) is 12.6. The van der Waals surface area contributed by atoms with Gasteiger partial charge in [0.1, 0.15) is 18.4 Å². The van der Waals surface area contributed by atoms with Crippen molar-refractivity contribution >= 4 is 23.7 Å². The van der Waals surface area contributed by atoms with Gasteiger partial charge in [0.2, 0.25) is 6.79 Å². The molecule has 4 N–H and O–H groups in total. The Hall–Kier alpha value is -4.88. The highest BCUT2D eigenvalue weighted by atomic mass is 32.2. The van der Waals surface area contributed by atoms with Gasteiger partial charge in [0.05, 0.1) is 37.6 Å². The lowest BCUT2D eigenvalue weighted by molar-refractivity contribution is -0.155. The number of methoxy groups -OCH3 is 2. The first-order chi connectivity index (χ1) is 26.0. The van der Waals surface area contributed by atoms with Crippen molar-refractivity contribution in [1.82, 2.24) is 15.5 Å². The summed E-state index contributed by atoms with van der Waals surface area (Å²) in [5, 5.41) is 40.3. The molecule has 3 aromatic carbocycles. The van der Waals surface area contributed by atoms with Crippen LogP contribution in [-0.2, 0) is 32.7 Å². The van der Waals surface area contributed by atoms with Gasteiger partial charge >= 0.3 is 11.9 Å². The number of hydrogen-bond acceptors (Lipinski definition) is 15. The minimum atomic E-state index is -1.36. The number of rotatable bonds is 3. The molecule has 0 amide bonds.